The topological polar surface area (TPSA) is 158 Å². The zero-order valence-corrected chi connectivity index (χ0v) is 27.0. The fourth-order valence-corrected chi connectivity index (χ4v) is 5.13. The van der Waals surface area contributed by atoms with Crippen LogP contribution >= 0.6 is 0 Å². The number of rotatable bonds is 23. The van der Waals surface area contributed by atoms with Crippen LogP contribution in [0.4, 0.5) is 0 Å². The molecule has 12 nitrogen and oxygen atoms in total. The molecular formula is C31H52O12. The third kappa shape index (κ3) is 11.8. The summed E-state index contributed by atoms with van der Waals surface area (Å²) in [7, 11) is 0. The van der Waals surface area contributed by atoms with Crippen molar-refractivity contribution in [2.75, 3.05) is 39.6 Å². The number of carbonyl (C=O) groups is 6. The first-order chi connectivity index (χ1) is 20.6. The monoisotopic (exact) mass is 616 g/mol. The molecule has 0 saturated heterocycles. The van der Waals surface area contributed by atoms with Gasteiger partial charge >= 0.3 is 35.8 Å². The van der Waals surface area contributed by atoms with Crippen LogP contribution in [0.15, 0.2) is 0 Å². The Morgan fingerprint density at radius 2 is 0.953 bits per heavy atom. The minimum absolute atomic E-state index is 0.0389. The lowest BCUT2D eigenvalue weighted by Crippen LogP contribution is -2.61. The molecule has 0 aromatic heterocycles. The predicted octanol–water partition coefficient (Wildman–Crippen LogP) is 4.34. The summed E-state index contributed by atoms with van der Waals surface area (Å²) in [6.07, 6.45) is 4.06. The molecule has 0 fully saturated rings. The van der Waals surface area contributed by atoms with Gasteiger partial charge in [-0.05, 0) is 48.0 Å². The molecule has 0 rings (SSSR count). The van der Waals surface area contributed by atoms with Crippen LogP contribution in [0.1, 0.15) is 99.8 Å². The molecule has 0 amide bonds. The van der Waals surface area contributed by atoms with E-state index in [1.807, 2.05) is 0 Å². The Kier molecular flexibility index (Phi) is 20.7. The van der Waals surface area contributed by atoms with Gasteiger partial charge in [0.25, 0.3) is 0 Å². The van der Waals surface area contributed by atoms with Gasteiger partial charge in [0.05, 0.1) is 63.8 Å². The Morgan fingerprint density at radius 3 is 1.44 bits per heavy atom. The quantitative estimate of drug-likeness (QED) is 0.0693. The molecule has 12 heteroatoms. The lowest BCUT2D eigenvalue weighted by Gasteiger charge is -2.41. The summed E-state index contributed by atoms with van der Waals surface area (Å²) in [5, 5.41) is 0. The molecule has 0 N–H and O–H groups in total. The van der Waals surface area contributed by atoms with Crippen LogP contribution in [0, 0.1) is 23.2 Å². The first-order valence-corrected chi connectivity index (χ1v) is 15.6. The van der Waals surface area contributed by atoms with Gasteiger partial charge in [-0.15, -0.1) is 0 Å². The standard InChI is InChI=1S/C31H52O12/c1-8-15-16-17-18-19-20-23(27(34)40-11-4)31(29(36)42-13-6,30(37)43-14-7)25(28(35)41-12-5)22(26(33)39-10-3)21-24(32)38-9-2/h22-23,25H,8-21H2,1-7H3. The third-order valence-electron chi connectivity index (χ3n) is 6.91. The largest absolute Gasteiger partial charge is 0.466 e. The Bertz CT molecular complexity index is 866. The number of esters is 6. The third-order valence-corrected chi connectivity index (χ3v) is 6.91. The smallest absolute Gasteiger partial charge is 0.325 e. The summed E-state index contributed by atoms with van der Waals surface area (Å²) in [5.74, 6) is -12.1. The normalized spacial score (nSPS) is 13.2. The number of carbonyl (C=O) groups excluding carboxylic acids is 6. The van der Waals surface area contributed by atoms with Crippen LogP contribution in [-0.2, 0) is 57.2 Å². The van der Waals surface area contributed by atoms with Crippen LogP contribution in [0.25, 0.3) is 0 Å². The molecular weight excluding hydrogens is 564 g/mol. The van der Waals surface area contributed by atoms with E-state index in [2.05, 4.69) is 6.92 Å². The Hall–Kier alpha value is -3.18. The van der Waals surface area contributed by atoms with Crippen molar-refractivity contribution in [2.45, 2.75) is 99.8 Å². The van der Waals surface area contributed by atoms with Gasteiger partial charge in [0, 0.05) is 0 Å². The highest BCUT2D eigenvalue weighted by molar-refractivity contribution is 6.08. The molecule has 3 atom stereocenters. The number of hydrogen-bond acceptors (Lipinski definition) is 12. The van der Waals surface area contributed by atoms with Gasteiger partial charge in [0.15, 0.2) is 5.41 Å². The average molecular weight is 617 g/mol. The Labute approximate surface area is 255 Å². The number of hydrogen-bond donors (Lipinski definition) is 0. The highest BCUT2D eigenvalue weighted by Gasteiger charge is 2.68. The van der Waals surface area contributed by atoms with Gasteiger partial charge in [-0.25, -0.2) is 0 Å². The van der Waals surface area contributed by atoms with Gasteiger partial charge in [-0.1, -0.05) is 45.4 Å². The van der Waals surface area contributed by atoms with Crippen LogP contribution in [0.5, 0.6) is 0 Å². The zero-order valence-electron chi connectivity index (χ0n) is 27.0. The van der Waals surface area contributed by atoms with E-state index in [1.165, 1.54) is 27.7 Å². The van der Waals surface area contributed by atoms with Crippen molar-refractivity contribution in [3.63, 3.8) is 0 Å². The Balaban J connectivity index is 7.69. The van der Waals surface area contributed by atoms with Gasteiger partial charge < -0.3 is 28.4 Å². The maximum atomic E-state index is 14.1. The molecule has 0 aliphatic rings. The first-order valence-electron chi connectivity index (χ1n) is 15.6. The van der Waals surface area contributed by atoms with Gasteiger partial charge in [-0.3, -0.25) is 28.8 Å². The van der Waals surface area contributed by atoms with Crippen molar-refractivity contribution in [1.29, 1.82) is 0 Å². The van der Waals surface area contributed by atoms with E-state index in [0.717, 1.165) is 25.7 Å². The summed E-state index contributed by atoms with van der Waals surface area (Å²) in [4.78, 5) is 82.1. The summed E-state index contributed by atoms with van der Waals surface area (Å²) in [6.45, 7) is 10.2. The molecule has 0 aromatic carbocycles. The van der Waals surface area contributed by atoms with E-state index in [9.17, 15) is 28.8 Å². The maximum absolute atomic E-state index is 14.1. The number of unbranched alkanes of at least 4 members (excludes halogenated alkanes) is 5. The van der Waals surface area contributed by atoms with Gasteiger partial charge in [0.1, 0.15) is 0 Å². The van der Waals surface area contributed by atoms with E-state index < -0.39 is 65.4 Å². The molecule has 0 aliphatic heterocycles. The van der Waals surface area contributed by atoms with E-state index in [1.54, 1.807) is 13.8 Å². The van der Waals surface area contributed by atoms with E-state index >= 15 is 0 Å². The maximum Gasteiger partial charge on any atom is 0.325 e. The first kappa shape index (κ1) is 39.8. The van der Waals surface area contributed by atoms with Crippen molar-refractivity contribution >= 4 is 35.8 Å². The summed E-state index contributed by atoms with van der Waals surface area (Å²) >= 11 is 0. The molecule has 0 spiro atoms. The number of ether oxygens (including phenoxy) is 6. The predicted molar refractivity (Wildman–Crippen MR) is 155 cm³/mol. The summed E-state index contributed by atoms with van der Waals surface area (Å²) < 4.78 is 31.7. The molecule has 248 valence electrons. The second kappa shape index (κ2) is 22.4. The molecule has 0 bridgehead atoms. The lowest BCUT2D eigenvalue weighted by molar-refractivity contribution is -0.200. The molecule has 0 aliphatic carbocycles. The molecule has 0 heterocycles. The van der Waals surface area contributed by atoms with Crippen LogP contribution in [0.2, 0.25) is 0 Å². The SMILES string of the molecule is CCCCCCCCC(C(=O)OCC)C(C(=O)OCC)(C(=O)OCC)C(C(=O)OCC)C(CC(=O)OCC)C(=O)OCC. The van der Waals surface area contributed by atoms with Crippen molar-refractivity contribution in [3.8, 4) is 0 Å². The zero-order chi connectivity index (χ0) is 32.8. The molecule has 0 aromatic rings. The van der Waals surface area contributed by atoms with E-state index in [4.69, 9.17) is 28.4 Å². The van der Waals surface area contributed by atoms with Crippen LogP contribution < -0.4 is 0 Å². The second-order valence-corrected chi connectivity index (χ2v) is 9.77. The molecule has 43 heavy (non-hydrogen) atoms. The van der Waals surface area contributed by atoms with E-state index in [-0.39, 0.29) is 46.1 Å². The molecule has 0 radical (unpaired) electrons. The highest BCUT2D eigenvalue weighted by Crippen LogP contribution is 2.48. The van der Waals surface area contributed by atoms with Crippen LogP contribution in [-0.4, -0.2) is 75.5 Å². The average Bonchev–Trinajstić information content (AvgIpc) is 2.95. The van der Waals surface area contributed by atoms with Crippen molar-refractivity contribution in [3.05, 3.63) is 0 Å². The molecule has 0 saturated carbocycles. The van der Waals surface area contributed by atoms with Crippen molar-refractivity contribution in [1.82, 2.24) is 0 Å². The minimum Gasteiger partial charge on any atom is -0.466 e. The second-order valence-electron chi connectivity index (χ2n) is 9.77. The van der Waals surface area contributed by atoms with Gasteiger partial charge in [0.2, 0.25) is 0 Å². The van der Waals surface area contributed by atoms with E-state index in [0.29, 0.717) is 12.8 Å². The summed E-state index contributed by atoms with van der Waals surface area (Å²) in [5.41, 5.74) is -2.75. The fourth-order valence-electron chi connectivity index (χ4n) is 5.13. The molecule has 3 unspecified atom stereocenters. The fraction of sp³-hybridized carbons (Fsp3) is 0.806. The highest BCUT2D eigenvalue weighted by atomic mass is 16.6. The van der Waals surface area contributed by atoms with Gasteiger partial charge in [-0.2, -0.15) is 0 Å². The Morgan fingerprint density at radius 1 is 0.512 bits per heavy atom. The summed E-state index contributed by atoms with van der Waals surface area (Å²) in [6, 6.07) is 0. The lowest BCUT2D eigenvalue weighted by atomic mass is 9.60. The van der Waals surface area contributed by atoms with Crippen molar-refractivity contribution in [2.24, 2.45) is 23.2 Å². The minimum atomic E-state index is -2.75. The van der Waals surface area contributed by atoms with Crippen molar-refractivity contribution < 1.29 is 57.2 Å². The van der Waals surface area contributed by atoms with Crippen LogP contribution in [0.3, 0.4) is 0 Å².